The Labute approximate surface area is 243 Å². The van der Waals surface area contributed by atoms with Crippen LogP contribution in [0.3, 0.4) is 0 Å². The van der Waals surface area contributed by atoms with Crippen LogP contribution in [-0.4, -0.2) is 25.8 Å². The molecule has 1 atom stereocenters. The largest absolute Gasteiger partial charge is 0.287 e. The second kappa shape index (κ2) is 24.7. The Balaban J connectivity index is 2.12. The van der Waals surface area contributed by atoms with E-state index in [4.69, 9.17) is 11.6 Å². The first-order valence-electron chi connectivity index (χ1n) is 15.4. The first-order chi connectivity index (χ1) is 18.1. The highest BCUT2D eigenvalue weighted by Crippen LogP contribution is 2.26. The number of carbonyl (C=O) groups excluding carboxylic acids is 1. The predicted molar refractivity (Wildman–Crippen MR) is 165 cm³/mol. The van der Waals surface area contributed by atoms with Crippen molar-refractivity contribution in [3.05, 3.63) is 11.1 Å². The molecule has 214 valence electrons. The topological polar surface area (TPSA) is 55.7 Å². The molecule has 0 bridgehead atoms. The van der Waals surface area contributed by atoms with Gasteiger partial charge in [-0.15, -0.1) is 12.6 Å². The fourth-order valence-electron chi connectivity index (χ4n) is 4.70. The van der Waals surface area contributed by atoms with Crippen LogP contribution >= 0.6 is 36.0 Å². The van der Waals surface area contributed by atoms with Gasteiger partial charge < -0.3 is 0 Å². The van der Waals surface area contributed by atoms with Crippen LogP contribution in [0.4, 0.5) is 0 Å². The fraction of sp³-hybridized carbons (Fsp3) is 0.867. The molecule has 1 aromatic heterocycles. The molecule has 0 radical (unpaired) electrons. The molecule has 0 aliphatic rings. The number of hydrogen-bond acceptors (Lipinski definition) is 5. The van der Waals surface area contributed by atoms with Gasteiger partial charge in [0.2, 0.25) is 5.28 Å². The number of hydrogen-bond donors (Lipinski definition) is 1. The van der Waals surface area contributed by atoms with Crippen molar-refractivity contribution in [3.8, 4) is 0 Å². The number of thioether (sulfide) groups is 1. The Morgan fingerprint density at radius 1 is 0.676 bits per heavy atom. The zero-order valence-corrected chi connectivity index (χ0v) is 26.3. The minimum Gasteiger partial charge on any atom is -0.287 e. The van der Waals surface area contributed by atoms with Gasteiger partial charge in [-0.25, -0.2) is 9.97 Å². The molecular formula is C30H54ClN3OS2. The lowest BCUT2D eigenvalue weighted by molar-refractivity contribution is -0.112. The van der Waals surface area contributed by atoms with E-state index >= 15 is 0 Å². The molecule has 1 unspecified atom stereocenters. The van der Waals surface area contributed by atoms with E-state index in [0.717, 1.165) is 31.4 Å². The summed E-state index contributed by atoms with van der Waals surface area (Å²) in [5, 5.41) is 0.609. The van der Waals surface area contributed by atoms with Gasteiger partial charge >= 0.3 is 0 Å². The van der Waals surface area contributed by atoms with Crippen LogP contribution in [0.1, 0.15) is 167 Å². The summed E-state index contributed by atoms with van der Waals surface area (Å²) in [7, 11) is 0. The van der Waals surface area contributed by atoms with Gasteiger partial charge in [-0.2, -0.15) is 4.98 Å². The van der Waals surface area contributed by atoms with Gasteiger partial charge in [0.25, 0.3) is 0 Å². The average molecular weight is 572 g/mol. The van der Waals surface area contributed by atoms with Crippen molar-refractivity contribution in [2.75, 3.05) is 5.75 Å². The number of rotatable bonds is 26. The van der Waals surface area contributed by atoms with Gasteiger partial charge in [-0.05, 0) is 24.4 Å². The predicted octanol–water partition coefficient (Wildman–Crippen LogP) is 10.8. The molecule has 0 aliphatic heterocycles. The number of carbonyl (C=O) groups is 1. The Morgan fingerprint density at radius 3 is 1.57 bits per heavy atom. The summed E-state index contributed by atoms with van der Waals surface area (Å²) in [5.41, 5.74) is 0. The number of unbranched alkanes of at least 4 members (excludes halogenated alkanes) is 19. The monoisotopic (exact) mass is 571 g/mol. The van der Waals surface area contributed by atoms with E-state index in [-0.39, 0.29) is 10.4 Å². The van der Waals surface area contributed by atoms with Crippen molar-refractivity contribution in [1.82, 2.24) is 15.0 Å². The SMILES string of the molecule is CCCCCCCCCCCCCCCCCCSc1nc(Cl)nc(C(CCCCCCC)C(=O)S)n1. The van der Waals surface area contributed by atoms with Crippen LogP contribution in [0.5, 0.6) is 0 Å². The number of aromatic nitrogens is 3. The first kappa shape index (κ1) is 34.7. The van der Waals surface area contributed by atoms with Gasteiger partial charge in [0.15, 0.2) is 10.3 Å². The molecule has 4 nitrogen and oxygen atoms in total. The van der Waals surface area contributed by atoms with Gasteiger partial charge in [0.05, 0.1) is 5.92 Å². The summed E-state index contributed by atoms with van der Waals surface area (Å²) in [6.07, 6.45) is 28.4. The minimum absolute atomic E-state index is 0.171. The molecule has 0 aliphatic carbocycles. The summed E-state index contributed by atoms with van der Waals surface area (Å²) in [4.78, 5) is 25.2. The van der Waals surface area contributed by atoms with Gasteiger partial charge in [-0.1, -0.05) is 154 Å². The quantitative estimate of drug-likeness (QED) is 0.0680. The van der Waals surface area contributed by atoms with Crippen LogP contribution in [-0.2, 0) is 4.79 Å². The summed E-state index contributed by atoms with van der Waals surface area (Å²) in [6.45, 7) is 4.48. The summed E-state index contributed by atoms with van der Waals surface area (Å²) in [5.74, 6) is 1.04. The zero-order valence-electron chi connectivity index (χ0n) is 23.8. The van der Waals surface area contributed by atoms with Crippen LogP contribution in [0.15, 0.2) is 5.16 Å². The smallest absolute Gasteiger partial charge is 0.226 e. The van der Waals surface area contributed by atoms with E-state index in [1.165, 1.54) is 116 Å². The van der Waals surface area contributed by atoms with E-state index in [1.54, 1.807) is 11.8 Å². The summed E-state index contributed by atoms with van der Waals surface area (Å²) in [6, 6.07) is 0. The maximum absolute atomic E-state index is 12.1. The molecule has 0 saturated heterocycles. The second-order valence-corrected chi connectivity index (χ2v) is 12.3. The van der Waals surface area contributed by atoms with E-state index in [9.17, 15) is 4.79 Å². The van der Waals surface area contributed by atoms with Crippen LogP contribution in [0.25, 0.3) is 0 Å². The van der Waals surface area contributed by atoms with E-state index in [1.807, 2.05) is 0 Å². The molecule has 1 heterocycles. The third kappa shape index (κ3) is 19.4. The summed E-state index contributed by atoms with van der Waals surface area (Å²) >= 11 is 11.9. The molecule has 0 saturated carbocycles. The molecule has 7 heteroatoms. The molecule has 37 heavy (non-hydrogen) atoms. The molecule has 0 fully saturated rings. The van der Waals surface area contributed by atoms with Crippen molar-refractivity contribution in [1.29, 1.82) is 0 Å². The highest BCUT2D eigenvalue weighted by atomic mass is 35.5. The van der Waals surface area contributed by atoms with Crippen LogP contribution in [0.2, 0.25) is 5.28 Å². The molecule has 0 N–H and O–H groups in total. The Hall–Kier alpha value is -0.330. The van der Waals surface area contributed by atoms with Gasteiger partial charge in [0.1, 0.15) is 5.82 Å². The average Bonchev–Trinajstić information content (AvgIpc) is 2.87. The third-order valence-corrected chi connectivity index (χ3v) is 8.45. The lowest BCUT2D eigenvalue weighted by Crippen LogP contribution is -2.13. The van der Waals surface area contributed by atoms with Crippen molar-refractivity contribution >= 4 is 41.1 Å². The Morgan fingerprint density at radius 2 is 1.11 bits per heavy atom. The van der Waals surface area contributed by atoms with E-state index in [2.05, 4.69) is 41.4 Å². The first-order valence-corrected chi connectivity index (χ1v) is 17.2. The lowest BCUT2D eigenvalue weighted by atomic mass is 10.0. The summed E-state index contributed by atoms with van der Waals surface area (Å²) < 4.78 is 0. The second-order valence-electron chi connectivity index (χ2n) is 10.5. The fourth-order valence-corrected chi connectivity index (χ4v) is 6.00. The Bertz CT molecular complexity index is 693. The Kier molecular flexibility index (Phi) is 23.2. The normalized spacial score (nSPS) is 12.2. The van der Waals surface area contributed by atoms with Crippen LogP contribution in [0, 0.1) is 0 Å². The van der Waals surface area contributed by atoms with Crippen molar-refractivity contribution < 1.29 is 4.79 Å². The molecule has 1 aromatic rings. The molecular weight excluding hydrogens is 518 g/mol. The zero-order chi connectivity index (χ0) is 27.0. The highest BCUT2D eigenvalue weighted by molar-refractivity contribution is 7.99. The standard InChI is InChI=1S/C30H54ClN3OS2/c1-3-5-7-9-10-11-12-13-14-15-16-17-18-19-21-23-25-37-30-33-27(32-29(31)34-30)26(28(35)36)24-22-20-8-6-4-2/h26H,3-25H2,1-2H3,(H,35,36). The molecule has 0 spiro atoms. The maximum atomic E-state index is 12.1. The minimum atomic E-state index is -0.402. The van der Waals surface area contributed by atoms with Gasteiger partial charge in [-0.3, -0.25) is 4.79 Å². The molecule has 0 amide bonds. The number of nitrogens with zero attached hydrogens (tertiary/aromatic N) is 3. The van der Waals surface area contributed by atoms with E-state index < -0.39 is 5.92 Å². The lowest BCUT2D eigenvalue weighted by Gasteiger charge is -2.12. The van der Waals surface area contributed by atoms with E-state index in [0.29, 0.717) is 11.0 Å². The third-order valence-electron chi connectivity index (χ3n) is 7.04. The number of halogens is 1. The van der Waals surface area contributed by atoms with Crippen molar-refractivity contribution in [2.45, 2.75) is 166 Å². The highest BCUT2D eigenvalue weighted by Gasteiger charge is 2.22. The number of thiol groups is 1. The maximum Gasteiger partial charge on any atom is 0.226 e. The van der Waals surface area contributed by atoms with Gasteiger partial charge in [0, 0.05) is 5.75 Å². The van der Waals surface area contributed by atoms with Crippen LogP contribution < -0.4 is 0 Å². The molecule has 0 aromatic carbocycles. The molecule has 1 rings (SSSR count). The van der Waals surface area contributed by atoms with Crippen molar-refractivity contribution in [3.63, 3.8) is 0 Å². The van der Waals surface area contributed by atoms with Crippen molar-refractivity contribution in [2.24, 2.45) is 0 Å².